The zero-order chi connectivity index (χ0) is 19.1. The fourth-order valence-corrected chi connectivity index (χ4v) is 2.51. The van der Waals surface area contributed by atoms with Crippen LogP contribution in [-0.2, 0) is 4.74 Å². The minimum absolute atomic E-state index is 0.0650. The van der Waals surface area contributed by atoms with Crippen LogP contribution in [-0.4, -0.2) is 12.2 Å². The third-order valence-corrected chi connectivity index (χ3v) is 3.99. The summed E-state index contributed by atoms with van der Waals surface area (Å²) >= 11 is 0. The molecule has 4 heteroatoms. The summed E-state index contributed by atoms with van der Waals surface area (Å²) < 4.78 is 4.94. The number of hydrogen-bond donors (Lipinski definition) is 3. The van der Waals surface area contributed by atoms with Gasteiger partial charge in [0.2, 0.25) is 0 Å². The molecular weight excluding hydrogens is 324 g/mol. The third-order valence-electron chi connectivity index (χ3n) is 3.99. The van der Waals surface area contributed by atoms with Gasteiger partial charge in [-0.15, -0.1) is 0 Å². The van der Waals surface area contributed by atoms with Crippen molar-refractivity contribution in [2.24, 2.45) is 5.73 Å². The van der Waals surface area contributed by atoms with Crippen molar-refractivity contribution in [1.29, 1.82) is 0 Å². The molecule has 0 saturated carbocycles. The summed E-state index contributed by atoms with van der Waals surface area (Å²) in [5, 5.41) is 9.36. The van der Waals surface area contributed by atoms with E-state index >= 15 is 0 Å². The van der Waals surface area contributed by atoms with Gasteiger partial charge in [0.1, 0.15) is 11.5 Å². The minimum Gasteiger partial charge on any atom is -0.508 e. The van der Waals surface area contributed by atoms with E-state index in [9.17, 15) is 5.11 Å². The molecule has 134 valence electrons. The van der Waals surface area contributed by atoms with Crippen molar-refractivity contribution in [2.75, 3.05) is 12.8 Å². The fraction of sp³-hybridized carbons (Fsp3) is 0.0909. The van der Waals surface area contributed by atoms with E-state index in [0.29, 0.717) is 17.0 Å². The van der Waals surface area contributed by atoms with Crippen LogP contribution in [0.25, 0.3) is 11.8 Å². The Morgan fingerprint density at radius 3 is 2.38 bits per heavy atom. The number of aliphatic hydroxyl groups is 1. The van der Waals surface area contributed by atoms with Crippen LogP contribution >= 0.6 is 0 Å². The van der Waals surface area contributed by atoms with Crippen LogP contribution in [0, 0.1) is 0 Å². The Morgan fingerprint density at radius 2 is 1.73 bits per heavy atom. The van der Waals surface area contributed by atoms with Gasteiger partial charge in [0, 0.05) is 22.9 Å². The van der Waals surface area contributed by atoms with Crippen LogP contribution in [0.4, 0.5) is 5.69 Å². The van der Waals surface area contributed by atoms with Crippen LogP contribution in [0.5, 0.6) is 0 Å². The van der Waals surface area contributed by atoms with E-state index < -0.39 is 0 Å². The van der Waals surface area contributed by atoms with E-state index in [1.54, 1.807) is 13.2 Å². The lowest BCUT2D eigenvalue weighted by Crippen LogP contribution is -2.07. The monoisotopic (exact) mass is 348 g/mol. The molecule has 1 unspecified atom stereocenters. The number of hydrogen-bond acceptors (Lipinski definition) is 4. The van der Waals surface area contributed by atoms with Crippen molar-refractivity contribution in [3.8, 4) is 0 Å². The lowest BCUT2D eigenvalue weighted by atomic mass is 10.0. The number of para-hydroxylation sites is 1. The van der Waals surface area contributed by atoms with Gasteiger partial charge in [-0.1, -0.05) is 61.7 Å². The standard InChI is InChI=1S/C13H13NO.C9H11NO/c1-9(15)10-6-7-13(14)12-5-3-2-4-11(12)8-10;1-7(11-2)8-5-3-4-6-9(8)10/h2-8,13,15H,1,14H2;3-6H,1,10H2,2H3. The molecule has 1 atom stereocenters. The van der Waals surface area contributed by atoms with Crippen molar-refractivity contribution >= 4 is 17.5 Å². The molecule has 0 fully saturated rings. The maximum absolute atomic E-state index is 9.36. The van der Waals surface area contributed by atoms with Crippen molar-refractivity contribution in [3.63, 3.8) is 0 Å². The van der Waals surface area contributed by atoms with Crippen molar-refractivity contribution in [3.05, 3.63) is 102 Å². The molecule has 0 aliphatic heterocycles. The van der Waals surface area contributed by atoms with Gasteiger partial charge in [-0.2, -0.15) is 0 Å². The Labute approximate surface area is 154 Å². The van der Waals surface area contributed by atoms with Crippen molar-refractivity contribution in [2.45, 2.75) is 6.04 Å². The van der Waals surface area contributed by atoms with E-state index in [0.717, 1.165) is 16.7 Å². The number of nitrogens with two attached hydrogens (primary N) is 2. The average Bonchev–Trinajstić information content (AvgIpc) is 2.82. The van der Waals surface area contributed by atoms with E-state index in [4.69, 9.17) is 16.2 Å². The van der Waals surface area contributed by atoms with Gasteiger partial charge in [-0.25, -0.2) is 0 Å². The first-order valence-corrected chi connectivity index (χ1v) is 8.14. The highest BCUT2D eigenvalue weighted by molar-refractivity contribution is 5.69. The molecule has 3 rings (SSSR count). The number of aliphatic hydroxyl groups excluding tert-OH is 1. The van der Waals surface area contributed by atoms with E-state index in [1.807, 2.05) is 60.7 Å². The quantitative estimate of drug-likeness (QED) is 0.559. The van der Waals surface area contributed by atoms with E-state index in [-0.39, 0.29) is 11.8 Å². The summed E-state index contributed by atoms with van der Waals surface area (Å²) in [5.74, 6) is 0.665. The number of allylic oxidation sites excluding steroid dienone is 1. The van der Waals surface area contributed by atoms with Crippen molar-refractivity contribution < 1.29 is 9.84 Å². The SMILES string of the molecule is C=C(O)C1=Cc2ccccc2C(N)C=C1.C=C(OC)c1ccccc1N. The molecule has 0 radical (unpaired) electrons. The molecule has 4 nitrogen and oxygen atoms in total. The predicted octanol–water partition coefficient (Wildman–Crippen LogP) is 4.60. The maximum Gasteiger partial charge on any atom is 0.120 e. The van der Waals surface area contributed by atoms with Gasteiger partial charge in [-0.3, -0.25) is 0 Å². The Hall–Kier alpha value is -3.24. The molecule has 0 saturated heterocycles. The Bertz CT molecular complexity index is 866. The largest absolute Gasteiger partial charge is 0.508 e. The number of methoxy groups -OCH3 is 1. The topological polar surface area (TPSA) is 81.5 Å². The summed E-state index contributed by atoms with van der Waals surface area (Å²) in [6, 6.07) is 15.2. The second-order valence-electron chi connectivity index (χ2n) is 5.77. The second-order valence-corrected chi connectivity index (χ2v) is 5.77. The minimum atomic E-state index is -0.130. The molecule has 0 amide bonds. The van der Waals surface area contributed by atoms with E-state index in [1.165, 1.54) is 0 Å². The molecule has 0 spiro atoms. The molecule has 2 aromatic carbocycles. The van der Waals surface area contributed by atoms with Gasteiger partial charge in [0.15, 0.2) is 0 Å². The first kappa shape index (κ1) is 19.1. The average molecular weight is 348 g/mol. The van der Waals surface area contributed by atoms with Crippen LogP contribution in [0.15, 0.2) is 85.2 Å². The number of anilines is 1. The molecule has 26 heavy (non-hydrogen) atoms. The second kappa shape index (κ2) is 8.74. The van der Waals surface area contributed by atoms with Gasteiger partial charge >= 0.3 is 0 Å². The first-order valence-electron chi connectivity index (χ1n) is 8.14. The lowest BCUT2D eigenvalue weighted by Gasteiger charge is -2.08. The third kappa shape index (κ3) is 4.65. The lowest BCUT2D eigenvalue weighted by molar-refractivity contribution is 0.371. The number of benzene rings is 2. The molecular formula is C22H24N2O2. The van der Waals surface area contributed by atoms with Crippen LogP contribution in [0.2, 0.25) is 0 Å². The molecule has 1 aliphatic rings. The Kier molecular flexibility index (Phi) is 6.42. The summed E-state index contributed by atoms with van der Waals surface area (Å²) in [6.07, 6.45) is 5.55. The number of rotatable bonds is 3. The normalized spacial score (nSPS) is 14.8. The summed E-state index contributed by atoms with van der Waals surface area (Å²) in [7, 11) is 1.58. The Morgan fingerprint density at radius 1 is 1.08 bits per heavy atom. The molecule has 0 aromatic heterocycles. The van der Waals surface area contributed by atoms with Crippen molar-refractivity contribution in [1.82, 2.24) is 0 Å². The summed E-state index contributed by atoms with van der Waals surface area (Å²) in [6.45, 7) is 7.22. The highest BCUT2D eigenvalue weighted by Crippen LogP contribution is 2.25. The zero-order valence-corrected chi connectivity index (χ0v) is 14.9. The molecule has 1 aliphatic carbocycles. The van der Waals surface area contributed by atoms with Gasteiger partial charge < -0.3 is 21.3 Å². The van der Waals surface area contributed by atoms with Crippen LogP contribution < -0.4 is 11.5 Å². The van der Waals surface area contributed by atoms with E-state index in [2.05, 4.69) is 13.2 Å². The summed E-state index contributed by atoms with van der Waals surface area (Å²) in [4.78, 5) is 0. The van der Waals surface area contributed by atoms with Gasteiger partial charge in [0.25, 0.3) is 0 Å². The molecule has 0 heterocycles. The first-order chi connectivity index (χ1) is 12.4. The highest BCUT2D eigenvalue weighted by Gasteiger charge is 2.11. The molecule has 2 aromatic rings. The molecule has 0 bridgehead atoms. The number of fused-ring (bicyclic) bond motifs is 1. The highest BCUT2D eigenvalue weighted by atomic mass is 16.5. The number of nitrogen functional groups attached to an aromatic ring is 1. The number of ether oxygens (including phenoxy) is 1. The smallest absolute Gasteiger partial charge is 0.120 e. The van der Waals surface area contributed by atoms with Crippen LogP contribution in [0.1, 0.15) is 22.7 Å². The Balaban J connectivity index is 0.000000197. The fourth-order valence-electron chi connectivity index (χ4n) is 2.51. The maximum atomic E-state index is 9.36. The van der Waals surface area contributed by atoms with Gasteiger partial charge in [0.05, 0.1) is 7.11 Å². The summed E-state index contributed by atoms with van der Waals surface area (Å²) in [5.41, 5.74) is 16.0. The zero-order valence-electron chi connectivity index (χ0n) is 14.9. The predicted molar refractivity (Wildman–Crippen MR) is 109 cm³/mol. The van der Waals surface area contributed by atoms with Crippen LogP contribution in [0.3, 0.4) is 0 Å². The molecule has 5 N–H and O–H groups in total. The van der Waals surface area contributed by atoms with Gasteiger partial charge in [-0.05, 0) is 29.3 Å².